The number of carbonyl (C=O) groups excluding carboxylic acids is 1. The van der Waals surface area contributed by atoms with Gasteiger partial charge in [0.1, 0.15) is 28.4 Å². The molecule has 2 aromatic rings. The molecule has 5 nitrogen and oxygen atoms in total. The molecule has 0 radical (unpaired) electrons. The van der Waals surface area contributed by atoms with E-state index >= 15 is 0 Å². The minimum atomic E-state index is -1.04. The summed E-state index contributed by atoms with van der Waals surface area (Å²) in [6.07, 6.45) is 6.19. The number of aliphatic hydroxyl groups is 1. The topological polar surface area (TPSA) is 87.0 Å². The fourth-order valence-corrected chi connectivity index (χ4v) is 2.77. The molecule has 0 aromatic heterocycles. The zero-order valence-corrected chi connectivity index (χ0v) is 14.6. The average Bonchev–Trinajstić information content (AvgIpc) is 2.65. The Bertz CT molecular complexity index is 912. The number of allylic oxidation sites excluding steroid dienone is 1. The van der Waals surface area contributed by atoms with Gasteiger partial charge in [0.05, 0.1) is 12.2 Å². The molecule has 2 aromatic carbocycles. The zero-order chi connectivity index (χ0) is 18.9. The zero-order valence-electron chi connectivity index (χ0n) is 14.6. The van der Waals surface area contributed by atoms with Crippen LogP contribution in [0.2, 0.25) is 0 Å². The lowest BCUT2D eigenvalue weighted by Gasteiger charge is -2.31. The number of ketones is 1. The third kappa shape index (κ3) is 3.09. The first-order valence-corrected chi connectivity index (χ1v) is 8.21. The van der Waals surface area contributed by atoms with E-state index in [-0.39, 0.29) is 35.0 Å². The van der Waals surface area contributed by atoms with Crippen LogP contribution >= 0.6 is 0 Å². The Hall–Kier alpha value is -3.05. The highest BCUT2D eigenvalue weighted by atomic mass is 16.5. The van der Waals surface area contributed by atoms with Gasteiger partial charge in [-0.25, -0.2) is 0 Å². The van der Waals surface area contributed by atoms with Crippen LogP contribution in [0.3, 0.4) is 0 Å². The van der Waals surface area contributed by atoms with Crippen molar-refractivity contribution in [1.29, 1.82) is 0 Å². The maximum Gasteiger partial charge on any atom is 0.193 e. The van der Waals surface area contributed by atoms with Crippen LogP contribution in [0.1, 0.15) is 34.0 Å². The van der Waals surface area contributed by atoms with Crippen LogP contribution in [-0.2, 0) is 0 Å². The normalized spacial score (nSPS) is 18.6. The summed E-state index contributed by atoms with van der Waals surface area (Å²) in [5.41, 5.74) is 0.264. The highest BCUT2D eigenvalue weighted by molar-refractivity contribution is 6.12. The van der Waals surface area contributed by atoms with E-state index in [1.807, 2.05) is 30.3 Å². The van der Waals surface area contributed by atoms with Gasteiger partial charge in [0.15, 0.2) is 5.78 Å². The number of hydrogen-bond acceptors (Lipinski definition) is 5. The van der Waals surface area contributed by atoms with E-state index in [4.69, 9.17) is 4.74 Å². The van der Waals surface area contributed by atoms with Crippen molar-refractivity contribution in [3.63, 3.8) is 0 Å². The highest BCUT2D eigenvalue weighted by Crippen LogP contribution is 2.46. The number of aromatic hydroxyl groups is 2. The molecule has 5 heteroatoms. The van der Waals surface area contributed by atoms with Crippen LogP contribution in [0.25, 0.3) is 12.2 Å². The van der Waals surface area contributed by atoms with E-state index < -0.39 is 11.4 Å². The Morgan fingerprint density at radius 1 is 1.19 bits per heavy atom. The summed E-state index contributed by atoms with van der Waals surface area (Å²) >= 11 is 0. The van der Waals surface area contributed by atoms with Crippen molar-refractivity contribution in [1.82, 2.24) is 0 Å². The number of carbonyl (C=O) groups is 1. The first-order chi connectivity index (χ1) is 12.4. The Morgan fingerprint density at radius 3 is 2.54 bits per heavy atom. The van der Waals surface area contributed by atoms with Gasteiger partial charge in [-0.05, 0) is 37.6 Å². The quantitative estimate of drug-likeness (QED) is 0.579. The molecular formula is C21H20O5. The molecule has 3 N–H and O–H groups in total. The second kappa shape index (κ2) is 6.69. The molecule has 0 saturated carbocycles. The summed E-state index contributed by atoms with van der Waals surface area (Å²) in [6, 6.07) is 9.29. The van der Waals surface area contributed by atoms with Crippen LogP contribution in [0.4, 0.5) is 0 Å². The molecule has 1 aliphatic rings. The van der Waals surface area contributed by atoms with Crippen LogP contribution in [0.15, 0.2) is 42.5 Å². The number of aliphatic hydroxyl groups excluding tert-OH is 1. The minimum Gasteiger partial charge on any atom is -0.507 e. The summed E-state index contributed by atoms with van der Waals surface area (Å²) in [6.45, 7) is 2.86. The predicted octanol–water partition coefficient (Wildman–Crippen LogP) is 3.46. The van der Waals surface area contributed by atoms with Gasteiger partial charge in [-0.1, -0.05) is 36.4 Å². The van der Waals surface area contributed by atoms with Gasteiger partial charge < -0.3 is 20.1 Å². The van der Waals surface area contributed by atoms with Gasteiger partial charge >= 0.3 is 0 Å². The Labute approximate surface area is 151 Å². The fraction of sp³-hybridized carbons (Fsp3) is 0.190. The summed E-state index contributed by atoms with van der Waals surface area (Å²) in [5.74, 6) is -0.884. The van der Waals surface area contributed by atoms with Crippen molar-refractivity contribution in [3.05, 3.63) is 64.7 Å². The van der Waals surface area contributed by atoms with Crippen molar-refractivity contribution in [3.8, 4) is 17.2 Å². The summed E-state index contributed by atoms with van der Waals surface area (Å²) in [4.78, 5) is 12.8. The molecule has 134 valence electrons. The predicted molar refractivity (Wildman–Crippen MR) is 99.5 cm³/mol. The standard InChI is InChI=1S/C21H20O5/c1-13-18(24)15-10-11-21(2,12-22)26-20(15)17(19(13)25)16(23)9-8-14-6-4-3-5-7-14/h3-11,22,24-25H,12H2,1-2H3/b9-8+. The number of phenols is 2. The maximum absolute atomic E-state index is 12.8. The molecule has 0 fully saturated rings. The summed E-state index contributed by atoms with van der Waals surface area (Å²) in [7, 11) is 0. The largest absolute Gasteiger partial charge is 0.507 e. The molecule has 0 aliphatic carbocycles. The molecule has 26 heavy (non-hydrogen) atoms. The van der Waals surface area contributed by atoms with Crippen LogP contribution in [-0.4, -0.2) is 33.3 Å². The van der Waals surface area contributed by atoms with Gasteiger partial charge in [-0.2, -0.15) is 0 Å². The molecule has 1 unspecified atom stereocenters. The number of benzene rings is 2. The van der Waals surface area contributed by atoms with Crippen molar-refractivity contribution in [2.24, 2.45) is 0 Å². The molecule has 0 amide bonds. The van der Waals surface area contributed by atoms with Crippen LogP contribution < -0.4 is 4.74 Å². The van der Waals surface area contributed by atoms with E-state index in [9.17, 15) is 20.1 Å². The second-order valence-corrected chi connectivity index (χ2v) is 6.45. The molecule has 3 rings (SSSR count). The minimum absolute atomic E-state index is 0.0356. The monoisotopic (exact) mass is 352 g/mol. The molecule has 1 aliphatic heterocycles. The number of fused-ring (bicyclic) bond motifs is 1. The maximum atomic E-state index is 12.8. The summed E-state index contributed by atoms with van der Waals surface area (Å²) < 4.78 is 5.78. The Morgan fingerprint density at radius 2 is 1.88 bits per heavy atom. The SMILES string of the molecule is Cc1c(O)c2c(c(C(=O)/C=C/c3ccccc3)c1O)OC(C)(CO)C=C2. The highest BCUT2D eigenvalue weighted by Gasteiger charge is 2.33. The van der Waals surface area contributed by atoms with Gasteiger partial charge in [0.25, 0.3) is 0 Å². The Kier molecular flexibility index (Phi) is 4.57. The smallest absolute Gasteiger partial charge is 0.193 e. The van der Waals surface area contributed by atoms with Gasteiger partial charge in [0, 0.05) is 5.56 Å². The lowest BCUT2D eigenvalue weighted by molar-refractivity contribution is 0.0622. The van der Waals surface area contributed by atoms with E-state index in [2.05, 4.69) is 0 Å². The second-order valence-electron chi connectivity index (χ2n) is 6.45. The fourth-order valence-electron chi connectivity index (χ4n) is 2.77. The lowest BCUT2D eigenvalue weighted by Crippen LogP contribution is -2.36. The van der Waals surface area contributed by atoms with Crippen molar-refractivity contribution in [2.45, 2.75) is 19.4 Å². The molecule has 0 saturated heterocycles. The van der Waals surface area contributed by atoms with E-state index in [0.717, 1.165) is 5.56 Å². The Balaban J connectivity index is 2.10. The summed E-state index contributed by atoms with van der Waals surface area (Å²) in [5, 5.41) is 30.3. The molecule has 0 spiro atoms. The lowest BCUT2D eigenvalue weighted by atomic mass is 9.93. The van der Waals surface area contributed by atoms with Crippen molar-refractivity contribution in [2.75, 3.05) is 6.61 Å². The third-order valence-corrected chi connectivity index (χ3v) is 4.40. The molecule has 0 bridgehead atoms. The van der Waals surface area contributed by atoms with E-state index in [0.29, 0.717) is 5.56 Å². The number of hydrogen-bond donors (Lipinski definition) is 3. The third-order valence-electron chi connectivity index (χ3n) is 4.40. The van der Waals surface area contributed by atoms with E-state index in [1.54, 1.807) is 25.2 Å². The van der Waals surface area contributed by atoms with Gasteiger partial charge in [-0.3, -0.25) is 4.79 Å². The van der Waals surface area contributed by atoms with Crippen LogP contribution in [0.5, 0.6) is 17.2 Å². The van der Waals surface area contributed by atoms with Crippen molar-refractivity contribution < 1.29 is 24.9 Å². The molecule has 1 heterocycles. The molecular weight excluding hydrogens is 332 g/mol. The van der Waals surface area contributed by atoms with Crippen molar-refractivity contribution >= 4 is 17.9 Å². The van der Waals surface area contributed by atoms with Gasteiger partial charge in [0.2, 0.25) is 0 Å². The average molecular weight is 352 g/mol. The first-order valence-electron chi connectivity index (χ1n) is 8.21. The van der Waals surface area contributed by atoms with E-state index in [1.165, 1.54) is 13.0 Å². The first kappa shape index (κ1) is 17.8. The van der Waals surface area contributed by atoms with Gasteiger partial charge in [-0.15, -0.1) is 0 Å². The number of ether oxygens (including phenoxy) is 1. The molecule has 1 atom stereocenters. The number of phenolic OH excluding ortho intramolecular Hbond substituents is 2. The van der Waals surface area contributed by atoms with Crippen LogP contribution in [0, 0.1) is 6.92 Å². The number of rotatable bonds is 4.